The van der Waals surface area contributed by atoms with Crippen molar-refractivity contribution in [2.24, 2.45) is 0 Å². The van der Waals surface area contributed by atoms with Crippen molar-refractivity contribution in [3.05, 3.63) is 58.4 Å². The normalized spacial score (nSPS) is 15.0. The lowest BCUT2D eigenvalue weighted by Gasteiger charge is -2.27. The van der Waals surface area contributed by atoms with Gasteiger partial charge < -0.3 is 43.2 Å². The van der Waals surface area contributed by atoms with Crippen LogP contribution in [0, 0.1) is 29.1 Å². The van der Waals surface area contributed by atoms with Crippen LogP contribution in [0.1, 0.15) is 65.7 Å². The van der Waals surface area contributed by atoms with Crippen LogP contribution >= 0.6 is 0 Å². The van der Waals surface area contributed by atoms with Crippen molar-refractivity contribution in [2.45, 2.75) is 51.0 Å². The first-order valence-electron chi connectivity index (χ1n) is 19.8. The largest absolute Gasteiger partial charge is 0.420 e. The molecule has 0 aromatic heterocycles. The average Bonchev–Trinajstić information content (AvgIpc) is 3.51. The molecule has 2 aliphatic rings. The molecule has 2 N–H and O–H groups in total. The van der Waals surface area contributed by atoms with Crippen LogP contribution < -0.4 is 15.4 Å². The predicted octanol–water partition coefficient (Wildman–Crippen LogP) is 3.39. The number of nitrogens with one attached hydrogen (secondary N) is 2. The molecular formula is C40H48F5N3O14. The number of hydrogen-bond donors (Lipinski definition) is 2. The maximum atomic E-state index is 13.6. The molecule has 62 heavy (non-hydrogen) atoms. The van der Waals surface area contributed by atoms with E-state index in [9.17, 15) is 50.7 Å². The van der Waals surface area contributed by atoms with Gasteiger partial charge in [0.1, 0.15) is 6.04 Å². The average molecular weight is 890 g/mol. The van der Waals surface area contributed by atoms with Crippen LogP contribution in [0.5, 0.6) is 5.75 Å². The molecule has 17 nitrogen and oxygen atoms in total. The fourth-order valence-corrected chi connectivity index (χ4v) is 5.91. The molecule has 4 rings (SSSR count). The highest BCUT2D eigenvalue weighted by molar-refractivity contribution is 6.26. The topological polar surface area (TPSA) is 204 Å². The standard InChI is InChI=1S/C40H48F5N3O14/c41-32-33(42)35(44)37(36(45)34(32)43)62-30(51)10-12-56-14-16-58-18-20-60-22-24-61-23-21-59-19-17-57-15-13-55-11-3-1-2-7-28(49)46-26-6-4-5-25-31(26)40(54)48(39(25)53)27-8-9-29(50)47-38(27)52/h4-6,27H,1-3,7-24H2,(H,46,49)(H,47,50,52). The zero-order valence-electron chi connectivity index (χ0n) is 33.7. The van der Waals surface area contributed by atoms with Crippen LogP contribution in [0.4, 0.5) is 27.6 Å². The van der Waals surface area contributed by atoms with E-state index in [4.69, 9.17) is 33.2 Å². The van der Waals surface area contributed by atoms with E-state index in [-0.39, 0.29) is 75.0 Å². The molecule has 2 aliphatic heterocycles. The zero-order chi connectivity index (χ0) is 44.9. The molecule has 1 atom stereocenters. The van der Waals surface area contributed by atoms with Gasteiger partial charge in [0.15, 0.2) is 0 Å². The van der Waals surface area contributed by atoms with Gasteiger partial charge in [-0.25, -0.2) is 13.2 Å². The molecule has 2 aromatic rings. The number of benzene rings is 2. The van der Waals surface area contributed by atoms with Gasteiger partial charge in [-0.1, -0.05) is 12.5 Å². The number of esters is 1. The lowest BCUT2D eigenvalue weighted by molar-refractivity contribution is -0.137. The minimum Gasteiger partial charge on any atom is -0.420 e. The third-order valence-corrected chi connectivity index (χ3v) is 9.00. The number of unbranched alkanes of at least 4 members (excludes halogenated alkanes) is 2. The van der Waals surface area contributed by atoms with E-state index in [0.29, 0.717) is 65.9 Å². The molecule has 0 aliphatic carbocycles. The van der Waals surface area contributed by atoms with Crippen molar-refractivity contribution in [1.82, 2.24) is 10.2 Å². The highest BCUT2D eigenvalue weighted by atomic mass is 19.2. The second kappa shape index (κ2) is 26.5. The predicted molar refractivity (Wildman–Crippen MR) is 202 cm³/mol. The number of imide groups is 2. The van der Waals surface area contributed by atoms with Gasteiger partial charge in [-0.05, 0) is 31.4 Å². The Balaban J connectivity index is 0.872. The summed E-state index contributed by atoms with van der Waals surface area (Å²) in [5.41, 5.74) is 0.302. The Morgan fingerprint density at radius 1 is 0.613 bits per heavy atom. The minimum atomic E-state index is -2.36. The van der Waals surface area contributed by atoms with E-state index < -0.39 is 76.9 Å². The van der Waals surface area contributed by atoms with E-state index in [1.807, 2.05) is 0 Å². The van der Waals surface area contributed by atoms with E-state index in [2.05, 4.69) is 15.4 Å². The van der Waals surface area contributed by atoms with Crippen molar-refractivity contribution in [3.8, 4) is 5.75 Å². The molecular weight excluding hydrogens is 841 g/mol. The smallest absolute Gasteiger partial charge is 0.313 e. The first kappa shape index (κ1) is 49.7. The van der Waals surface area contributed by atoms with Gasteiger partial charge >= 0.3 is 5.97 Å². The third-order valence-electron chi connectivity index (χ3n) is 9.00. The summed E-state index contributed by atoms with van der Waals surface area (Å²) in [4.78, 5) is 75.2. The minimum absolute atomic E-state index is 0.00724. The quantitative estimate of drug-likeness (QED) is 0.0220. The lowest BCUT2D eigenvalue weighted by atomic mass is 10.0. The van der Waals surface area contributed by atoms with E-state index in [1.54, 1.807) is 6.07 Å². The molecule has 1 fully saturated rings. The number of hydrogen-bond acceptors (Lipinski definition) is 14. The summed E-state index contributed by atoms with van der Waals surface area (Å²) < 4.78 is 109. The van der Waals surface area contributed by atoms with Crippen LogP contribution in [0.25, 0.3) is 0 Å². The molecule has 2 aromatic carbocycles. The van der Waals surface area contributed by atoms with Crippen LogP contribution in [0.3, 0.4) is 0 Å². The summed E-state index contributed by atoms with van der Waals surface area (Å²) in [7, 11) is 0. The lowest BCUT2D eigenvalue weighted by Crippen LogP contribution is -2.54. The second-order valence-electron chi connectivity index (χ2n) is 13.4. The molecule has 0 spiro atoms. The molecule has 0 radical (unpaired) electrons. The molecule has 2 heterocycles. The number of halogens is 5. The SMILES string of the molecule is O=C1CCC(N2C(=O)c3cccc(NC(=O)CCCCCOCCOCCOCCOCCOCCOCCOCCC(=O)Oc4c(F)c(F)c(F)c(F)c4F)c3C2=O)C(=O)N1. The summed E-state index contributed by atoms with van der Waals surface area (Å²) in [6, 6.07) is 3.43. The van der Waals surface area contributed by atoms with Crippen LogP contribution in [0.15, 0.2) is 18.2 Å². The Hall–Kier alpha value is -4.97. The first-order chi connectivity index (χ1) is 29.9. The molecule has 0 bridgehead atoms. The van der Waals surface area contributed by atoms with Gasteiger partial charge in [0.25, 0.3) is 11.8 Å². The summed E-state index contributed by atoms with van der Waals surface area (Å²) >= 11 is 0. The Morgan fingerprint density at radius 3 is 1.65 bits per heavy atom. The Morgan fingerprint density at radius 2 is 1.11 bits per heavy atom. The molecule has 1 saturated heterocycles. The fraction of sp³-hybridized carbons (Fsp3) is 0.550. The summed E-state index contributed by atoms with van der Waals surface area (Å²) in [5, 5.41) is 4.86. The number of piperidine rings is 1. The zero-order valence-corrected chi connectivity index (χ0v) is 33.7. The van der Waals surface area contributed by atoms with Gasteiger partial charge in [0.2, 0.25) is 52.6 Å². The van der Waals surface area contributed by atoms with Gasteiger partial charge in [0.05, 0.1) is 109 Å². The summed E-state index contributed by atoms with van der Waals surface area (Å²) in [5.74, 6) is -17.1. The Bertz CT molecular complexity index is 1840. The number of carbonyl (C=O) groups is 6. The van der Waals surface area contributed by atoms with E-state index >= 15 is 0 Å². The van der Waals surface area contributed by atoms with E-state index in [1.165, 1.54) is 12.1 Å². The van der Waals surface area contributed by atoms with Crippen molar-refractivity contribution < 1.29 is 88.6 Å². The van der Waals surface area contributed by atoms with Crippen molar-refractivity contribution in [3.63, 3.8) is 0 Å². The second-order valence-corrected chi connectivity index (χ2v) is 13.4. The first-order valence-corrected chi connectivity index (χ1v) is 19.8. The number of rotatable bonds is 30. The molecule has 22 heteroatoms. The maximum Gasteiger partial charge on any atom is 0.313 e. The molecule has 5 amide bonds. The van der Waals surface area contributed by atoms with Crippen molar-refractivity contribution in [1.29, 1.82) is 0 Å². The summed E-state index contributed by atoms with van der Waals surface area (Å²) in [6.07, 6.45) is 1.75. The van der Waals surface area contributed by atoms with Crippen LogP contribution in [0.2, 0.25) is 0 Å². The number of amides is 5. The Labute approximate surface area is 352 Å². The fourth-order valence-electron chi connectivity index (χ4n) is 5.91. The monoisotopic (exact) mass is 889 g/mol. The molecule has 1 unspecified atom stereocenters. The van der Waals surface area contributed by atoms with Gasteiger partial charge in [-0.15, -0.1) is 0 Å². The number of ether oxygens (including phenoxy) is 8. The van der Waals surface area contributed by atoms with Crippen molar-refractivity contribution in [2.75, 3.05) is 97.8 Å². The molecule has 0 saturated carbocycles. The third kappa shape index (κ3) is 15.1. The maximum absolute atomic E-state index is 13.6. The number of fused-ring (bicyclic) bond motifs is 1. The van der Waals surface area contributed by atoms with Crippen molar-refractivity contribution >= 4 is 41.2 Å². The highest BCUT2D eigenvalue weighted by Crippen LogP contribution is 2.33. The number of anilines is 1. The highest BCUT2D eigenvalue weighted by Gasteiger charge is 2.45. The summed E-state index contributed by atoms with van der Waals surface area (Å²) in [6.45, 7) is 3.88. The molecule has 342 valence electrons. The van der Waals surface area contributed by atoms with Gasteiger partial charge in [-0.3, -0.25) is 39.0 Å². The Kier molecular flexibility index (Phi) is 21.2. The number of carbonyl (C=O) groups excluding carboxylic acids is 6. The number of nitrogens with zero attached hydrogens (tertiary/aromatic N) is 1. The van der Waals surface area contributed by atoms with Crippen LogP contribution in [-0.2, 0) is 52.3 Å². The van der Waals surface area contributed by atoms with Gasteiger partial charge in [-0.2, -0.15) is 8.78 Å². The van der Waals surface area contributed by atoms with E-state index in [0.717, 1.165) is 17.7 Å². The van der Waals surface area contributed by atoms with Gasteiger partial charge in [0, 0.05) is 19.4 Å². The van der Waals surface area contributed by atoms with Crippen LogP contribution in [-0.4, -0.2) is 139 Å².